The summed E-state index contributed by atoms with van der Waals surface area (Å²) in [6.07, 6.45) is 14.3. The number of primary sulfonamides is 1. The van der Waals surface area contributed by atoms with Gasteiger partial charge in [-0.15, -0.1) is 11.3 Å². The second kappa shape index (κ2) is 19.2. The number of ether oxygens (including phenoxy) is 1. The highest BCUT2D eigenvalue weighted by Crippen LogP contribution is 2.41. The van der Waals surface area contributed by atoms with Crippen molar-refractivity contribution in [1.29, 1.82) is 0 Å². The van der Waals surface area contributed by atoms with Crippen LogP contribution in [0.2, 0.25) is 0 Å². The van der Waals surface area contributed by atoms with Crippen molar-refractivity contribution < 1.29 is 31.2 Å². The molecule has 282 valence electrons. The van der Waals surface area contributed by atoms with E-state index in [4.69, 9.17) is 14.9 Å². The monoisotopic (exact) mass is 762 g/mol. The van der Waals surface area contributed by atoms with Gasteiger partial charge in [-0.25, -0.2) is 27.0 Å². The van der Waals surface area contributed by atoms with Crippen molar-refractivity contribution in [2.75, 3.05) is 44.9 Å². The maximum atomic E-state index is 13.9. The first kappa shape index (κ1) is 40.9. The molecule has 14 heteroatoms. The Kier molecular flexibility index (Phi) is 15.4. The minimum atomic E-state index is -4.08. The lowest BCUT2D eigenvalue weighted by Gasteiger charge is -2.29. The van der Waals surface area contributed by atoms with Gasteiger partial charge in [0.05, 0.1) is 29.2 Å². The third-order valence-corrected chi connectivity index (χ3v) is 13.5. The number of carbonyl (C=O) groups excluding carboxylic acids is 2. The first-order chi connectivity index (χ1) is 24.4. The predicted octanol–water partition coefficient (Wildman–Crippen LogP) is 6.17. The van der Waals surface area contributed by atoms with Gasteiger partial charge < -0.3 is 15.0 Å². The van der Waals surface area contributed by atoms with Gasteiger partial charge in [0.1, 0.15) is 5.01 Å². The van der Waals surface area contributed by atoms with Gasteiger partial charge >= 0.3 is 0 Å². The standard InChI is InChI=1S/C37H54N4O7S3/c1-3-4-5-6-7-8-9-10-11-12-13-14-21-37(50(2,44)45,35(43)39-22-27-51(38,46)47)36-40-32-28-31(19-20-33(32)49-36)29-15-17-30(18-16-29)34(42)41-23-25-48-26-24-41/h15-20,28H,3-14,21-27H2,1-2H3,(H,39,43)(H2,38,46,47). The molecule has 3 N–H and O–H groups in total. The number of morpholine rings is 1. The van der Waals surface area contributed by atoms with E-state index in [2.05, 4.69) is 12.2 Å². The quantitative estimate of drug-likeness (QED) is 0.122. The number of fused-ring (bicyclic) bond motifs is 1. The van der Waals surface area contributed by atoms with Gasteiger partial charge in [-0.1, -0.05) is 102 Å². The summed E-state index contributed by atoms with van der Waals surface area (Å²) in [5.74, 6) is -1.36. The first-order valence-electron chi connectivity index (χ1n) is 18.2. The minimum absolute atomic E-state index is 0.0236. The number of nitrogens with one attached hydrogen (secondary N) is 1. The average Bonchev–Trinajstić information content (AvgIpc) is 3.53. The molecular formula is C37H54N4O7S3. The summed E-state index contributed by atoms with van der Waals surface area (Å²) in [6, 6.07) is 12.9. The lowest BCUT2D eigenvalue weighted by Crippen LogP contribution is -2.50. The van der Waals surface area contributed by atoms with Crippen LogP contribution in [0.15, 0.2) is 42.5 Å². The topological polar surface area (TPSA) is 166 Å². The van der Waals surface area contributed by atoms with E-state index in [1.165, 1.54) is 44.9 Å². The molecule has 1 atom stereocenters. The van der Waals surface area contributed by atoms with Crippen LogP contribution in [0.3, 0.4) is 0 Å². The number of amides is 2. The first-order valence-corrected chi connectivity index (χ1v) is 22.6. The molecule has 0 radical (unpaired) electrons. The molecule has 2 aromatic carbocycles. The predicted molar refractivity (Wildman–Crippen MR) is 205 cm³/mol. The van der Waals surface area contributed by atoms with Crippen LogP contribution in [0.1, 0.15) is 106 Å². The van der Waals surface area contributed by atoms with Crippen molar-refractivity contribution in [2.45, 2.75) is 95.1 Å². The van der Waals surface area contributed by atoms with Crippen LogP contribution in [0.5, 0.6) is 0 Å². The number of carbonyl (C=O) groups is 2. The molecule has 0 bridgehead atoms. The Balaban J connectivity index is 1.51. The molecule has 4 rings (SSSR count). The lowest BCUT2D eigenvalue weighted by molar-refractivity contribution is -0.124. The molecule has 1 fully saturated rings. The van der Waals surface area contributed by atoms with Crippen LogP contribution in [0, 0.1) is 0 Å². The lowest BCUT2D eigenvalue weighted by atomic mass is 9.98. The van der Waals surface area contributed by atoms with E-state index in [0.717, 1.165) is 54.4 Å². The number of unbranched alkanes of at least 4 members (excludes halogenated alkanes) is 11. The summed E-state index contributed by atoms with van der Waals surface area (Å²) < 4.78 is 54.6. The van der Waals surface area contributed by atoms with Gasteiger partial charge in [0, 0.05) is 31.5 Å². The summed E-state index contributed by atoms with van der Waals surface area (Å²) in [7, 11) is -7.95. The molecule has 0 aliphatic carbocycles. The Morgan fingerprint density at radius 3 is 2.00 bits per heavy atom. The van der Waals surface area contributed by atoms with Gasteiger partial charge in [0.25, 0.3) is 5.91 Å². The molecule has 51 heavy (non-hydrogen) atoms. The van der Waals surface area contributed by atoms with Gasteiger partial charge in [-0.3, -0.25) is 9.59 Å². The summed E-state index contributed by atoms with van der Waals surface area (Å²) in [5.41, 5.74) is 2.81. The third-order valence-electron chi connectivity index (χ3n) is 9.55. The molecule has 0 saturated carbocycles. The number of sulfonamides is 1. The number of nitrogens with zero attached hydrogens (tertiary/aromatic N) is 2. The molecule has 2 heterocycles. The van der Waals surface area contributed by atoms with Crippen molar-refractivity contribution in [3.63, 3.8) is 0 Å². The Labute approximate surface area is 307 Å². The number of sulfone groups is 1. The maximum absolute atomic E-state index is 13.9. The smallest absolute Gasteiger partial charge is 0.254 e. The number of thiazole rings is 1. The van der Waals surface area contributed by atoms with Crippen molar-refractivity contribution in [2.24, 2.45) is 5.14 Å². The van der Waals surface area contributed by atoms with Crippen LogP contribution in [-0.4, -0.2) is 83.4 Å². The summed E-state index contributed by atoms with van der Waals surface area (Å²) >= 11 is 1.15. The van der Waals surface area contributed by atoms with E-state index in [1.54, 1.807) is 17.0 Å². The molecule has 0 spiro atoms. The zero-order chi connectivity index (χ0) is 36.9. The second-order valence-electron chi connectivity index (χ2n) is 13.5. The highest BCUT2D eigenvalue weighted by molar-refractivity contribution is 7.92. The SMILES string of the molecule is CCCCCCCCCCCCCCC(C(=O)NCCS(N)(=O)=O)(c1nc2cc(-c3ccc(C(=O)N4CCOCC4)cc3)ccc2s1)S(C)(=O)=O. The molecule has 2 amide bonds. The number of nitrogens with two attached hydrogens (primary N) is 1. The minimum Gasteiger partial charge on any atom is -0.378 e. The number of rotatable bonds is 21. The maximum Gasteiger partial charge on any atom is 0.254 e. The zero-order valence-corrected chi connectivity index (χ0v) is 32.5. The average molecular weight is 763 g/mol. The number of benzene rings is 2. The molecule has 1 unspecified atom stereocenters. The van der Waals surface area contributed by atoms with Crippen molar-refractivity contribution in [3.8, 4) is 11.1 Å². The number of hydrogen-bond acceptors (Lipinski definition) is 9. The van der Waals surface area contributed by atoms with E-state index in [9.17, 15) is 26.4 Å². The van der Waals surface area contributed by atoms with Gasteiger partial charge in [0.2, 0.25) is 20.7 Å². The third kappa shape index (κ3) is 11.5. The molecule has 3 aromatic rings. The van der Waals surface area contributed by atoms with E-state index in [1.807, 2.05) is 30.3 Å². The highest BCUT2D eigenvalue weighted by atomic mass is 32.2. The van der Waals surface area contributed by atoms with Gasteiger partial charge in [0.15, 0.2) is 9.84 Å². The van der Waals surface area contributed by atoms with Crippen LogP contribution < -0.4 is 10.5 Å². The van der Waals surface area contributed by atoms with Crippen LogP contribution in [0.25, 0.3) is 21.3 Å². The van der Waals surface area contributed by atoms with E-state index < -0.39 is 36.3 Å². The molecule has 11 nitrogen and oxygen atoms in total. The Hall–Kier alpha value is -2.91. The zero-order valence-electron chi connectivity index (χ0n) is 30.0. The Bertz CT molecular complexity index is 1800. The largest absolute Gasteiger partial charge is 0.378 e. The normalized spacial score (nSPS) is 15.2. The Morgan fingerprint density at radius 1 is 0.863 bits per heavy atom. The molecule has 1 aliphatic rings. The molecule has 1 aliphatic heterocycles. The van der Waals surface area contributed by atoms with Crippen molar-refractivity contribution >= 4 is 53.2 Å². The van der Waals surface area contributed by atoms with Crippen molar-refractivity contribution in [1.82, 2.24) is 15.2 Å². The fraction of sp³-hybridized carbons (Fsp3) is 0.595. The molecule has 1 aromatic heterocycles. The highest BCUT2D eigenvalue weighted by Gasteiger charge is 2.51. The Morgan fingerprint density at radius 2 is 1.43 bits per heavy atom. The molecular weight excluding hydrogens is 709 g/mol. The van der Waals surface area contributed by atoms with E-state index in [-0.39, 0.29) is 23.9 Å². The fourth-order valence-corrected chi connectivity index (χ4v) is 9.84. The fourth-order valence-electron chi connectivity index (χ4n) is 6.53. The molecule has 1 saturated heterocycles. The number of hydrogen-bond donors (Lipinski definition) is 2. The van der Waals surface area contributed by atoms with Gasteiger partial charge in [-0.2, -0.15) is 0 Å². The van der Waals surface area contributed by atoms with E-state index in [0.29, 0.717) is 48.5 Å². The van der Waals surface area contributed by atoms with E-state index >= 15 is 0 Å². The van der Waals surface area contributed by atoms with Crippen molar-refractivity contribution in [3.05, 3.63) is 53.0 Å². The summed E-state index contributed by atoms with van der Waals surface area (Å²) in [6.45, 7) is 4.07. The summed E-state index contributed by atoms with van der Waals surface area (Å²) in [4.78, 5) is 33.4. The van der Waals surface area contributed by atoms with Crippen LogP contribution in [-0.2, 0) is 34.1 Å². The second-order valence-corrected chi connectivity index (χ2v) is 18.6. The van der Waals surface area contributed by atoms with Gasteiger partial charge in [-0.05, 0) is 41.8 Å². The number of aromatic nitrogens is 1. The summed E-state index contributed by atoms with van der Waals surface area (Å²) in [5, 5.41) is 7.85. The van der Waals surface area contributed by atoms with Crippen LogP contribution >= 0.6 is 11.3 Å². The van der Waals surface area contributed by atoms with Crippen LogP contribution in [0.4, 0.5) is 0 Å².